The maximum absolute atomic E-state index is 13.5. The summed E-state index contributed by atoms with van der Waals surface area (Å²) in [6.45, 7) is 0.0271. The summed E-state index contributed by atoms with van der Waals surface area (Å²) in [7, 11) is 0. The summed E-state index contributed by atoms with van der Waals surface area (Å²) in [6, 6.07) is 11.4. The third kappa shape index (κ3) is 8.77. The molecule has 0 fully saturated rings. The zero-order valence-electron chi connectivity index (χ0n) is 27.9. The molecule has 1 aliphatic heterocycles. The van der Waals surface area contributed by atoms with Gasteiger partial charge in [0.2, 0.25) is 17.1 Å². The summed E-state index contributed by atoms with van der Waals surface area (Å²) in [4.78, 5) is 88.4. The van der Waals surface area contributed by atoms with Crippen LogP contribution in [0.1, 0.15) is 29.3 Å². The maximum atomic E-state index is 13.5. The summed E-state index contributed by atoms with van der Waals surface area (Å²) in [6.07, 6.45) is 2.15. The Morgan fingerprint density at radius 3 is 2.23 bits per heavy atom. The van der Waals surface area contributed by atoms with Crippen LogP contribution in [0.3, 0.4) is 0 Å². The van der Waals surface area contributed by atoms with E-state index >= 15 is 0 Å². The van der Waals surface area contributed by atoms with E-state index in [1.807, 2.05) is 0 Å². The van der Waals surface area contributed by atoms with Gasteiger partial charge in [0.05, 0.1) is 6.54 Å². The molecule has 274 valence electrons. The van der Waals surface area contributed by atoms with Crippen LogP contribution in [0.25, 0.3) is 22.3 Å². The standard InChI is InChI=1S/C36H31N3O14/c1-19(40)51-13-12-38(36(50)21-4-2-20(3-5-21)17-37-28(44)10-11-39-29(45)8-9-30(39)46)18-31(47)52-23-15-26(43)32-27(16-23)53-35(34(49)33(32)48)22-6-7-24(41)25(42)14-22/h2-9,14-16,41-43,49H,10-13,17-18H2,1H3,(H,37,44). The number of carbonyl (C=O) groups is 6. The van der Waals surface area contributed by atoms with Crippen LogP contribution in [0.5, 0.6) is 28.7 Å². The second-order valence-corrected chi connectivity index (χ2v) is 11.6. The minimum atomic E-state index is -1.04. The molecule has 0 spiro atoms. The molecule has 2 heterocycles. The first-order chi connectivity index (χ1) is 25.2. The van der Waals surface area contributed by atoms with E-state index in [9.17, 15) is 54.0 Å². The number of ether oxygens (including phenoxy) is 2. The number of hydrogen-bond donors (Lipinski definition) is 5. The number of nitrogens with zero attached hydrogens (tertiary/aromatic N) is 2. The number of nitrogens with one attached hydrogen (secondary N) is 1. The SMILES string of the molecule is CC(=O)OCCN(CC(=O)Oc1cc(O)c2c(=O)c(O)c(-c3ccc(O)c(O)c3)oc2c1)C(=O)c1ccc(CNC(=O)CCN2C(=O)C=CC2=O)cc1. The molecule has 0 bridgehead atoms. The van der Waals surface area contributed by atoms with Crippen molar-refractivity contribution in [2.75, 3.05) is 26.2 Å². The van der Waals surface area contributed by atoms with E-state index in [1.165, 1.54) is 25.1 Å². The van der Waals surface area contributed by atoms with Gasteiger partial charge in [-0.25, -0.2) is 4.79 Å². The van der Waals surface area contributed by atoms with Crippen molar-refractivity contribution in [1.82, 2.24) is 15.1 Å². The van der Waals surface area contributed by atoms with Crippen LogP contribution in [0.4, 0.5) is 0 Å². The van der Waals surface area contributed by atoms with Crippen LogP contribution in [-0.4, -0.2) is 92.0 Å². The average molecular weight is 730 g/mol. The molecule has 17 heteroatoms. The van der Waals surface area contributed by atoms with Crippen molar-refractivity contribution >= 4 is 46.5 Å². The smallest absolute Gasteiger partial charge is 0.331 e. The molecule has 17 nitrogen and oxygen atoms in total. The molecule has 53 heavy (non-hydrogen) atoms. The third-order valence-corrected chi connectivity index (χ3v) is 7.82. The summed E-state index contributed by atoms with van der Waals surface area (Å²) in [5.74, 6) is -7.03. The summed E-state index contributed by atoms with van der Waals surface area (Å²) >= 11 is 0. The van der Waals surface area contributed by atoms with Gasteiger partial charge in [0.1, 0.15) is 35.6 Å². The van der Waals surface area contributed by atoms with Crippen molar-refractivity contribution in [2.24, 2.45) is 0 Å². The summed E-state index contributed by atoms with van der Waals surface area (Å²) in [5.41, 5.74) is -0.609. The maximum Gasteiger partial charge on any atom is 0.331 e. The van der Waals surface area contributed by atoms with E-state index in [0.29, 0.717) is 5.56 Å². The van der Waals surface area contributed by atoms with Gasteiger partial charge in [-0.3, -0.25) is 33.7 Å². The molecule has 0 unspecified atom stereocenters. The van der Waals surface area contributed by atoms with Gasteiger partial charge in [-0.05, 0) is 35.9 Å². The van der Waals surface area contributed by atoms with Crippen molar-refractivity contribution in [2.45, 2.75) is 19.9 Å². The molecular weight excluding hydrogens is 698 g/mol. The molecule has 4 amide bonds. The van der Waals surface area contributed by atoms with E-state index in [1.54, 1.807) is 12.1 Å². The van der Waals surface area contributed by atoms with E-state index in [0.717, 1.165) is 46.2 Å². The lowest BCUT2D eigenvalue weighted by Crippen LogP contribution is -2.39. The van der Waals surface area contributed by atoms with Crippen LogP contribution in [0.2, 0.25) is 0 Å². The first-order valence-corrected chi connectivity index (χ1v) is 15.8. The minimum Gasteiger partial charge on any atom is -0.507 e. The highest BCUT2D eigenvalue weighted by atomic mass is 16.5. The van der Waals surface area contributed by atoms with Crippen molar-refractivity contribution < 1.29 is 63.1 Å². The van der Waals surface area contributed by atoms with Crippen LogP contribution in [0.15, 0.2) is 76.0 Å². The highest BCUT2D eigenvalue weighted by Crippen LogP contribution is 2.38. The van der Waals surface area contributed by atoms with Crippen molar-refractivity contribution in [3.8, 4) is 40.1 Å². The van der Waals surface area contributed by atoms with Gasteiger partial charge in [0.15, 0.2) is 17.3 Å². The van der Waals surface area contributed by atoms with Gasteiger partial charge in [0, 0.05) is 61.8 Å². The van der Waals surface area contributed by atoms with Gasteiger partial charge < -0.3 is 44.5 Å². The Balaban J connectivity index is 1.27. The summed E-state index contributed by atoms with van der Waals surface area (Å²) < 4.78 is 15.9. The fourth-order valence-electron chi connectivity index (χ4n) is 5.16. The fourth-order valence-corrected chi connectivity index (χ4v) is 5.16. The number of esters is 2. The number of rotatable bonds is 13. The lowest BCUT2D eigenvalue weighted by atomic mass is 10.1. The topological polar surface area (TPSA) is 251 Å². The Bertz CT molecular complexity index is 2210. The predicted octanol–water partition coefficient (Wildman–Crippen LogP) is 1.82. The number of aromatic hydroxyl groups is 4. The number of imide groups is 1. The monoisotopic (exact) mass is 729 g/mol. The number of phenolic OH excluding ortho intramolecular Hbond substituents is 3. The molecular formula is C36H31N3O14. The molecule has 0 aliphatic carbocycles. The minimum absolute atomic E-state index is 0.00163. The number of hydrogen-bond acceptors (Lipinski definition) is 14. The number of carbonyl (C=O) groups excluding carboxylic acids is 6. The van der Waals surface area contributed by atoms with E-state index in [-0.39, 0.29) is 55.1 Å². The molecule has 1 aliphatic rings. The van der Waals surface area contributed by atoms with Gasteiger partial charge in [-0.15, -0.1) is 0 Å². The van der Waals surface area contributed by atoms with Gasteiger partial charge in [-0.1, -0.05) is 12.1 Å². The van der Waals surface area contributed by atoms with Crippen molar-refractivity contribution in [3.63, 3.8) is 0 Å². The quantitative estimate of drug-likeness (QED) is 0.0570. The first-order valence-electron chi connectivity index (χ1n) is 15.8. The summed E-state index contributed by atoms with van der Waals surface area (Å²) in [5, 5.41) is 42.8. The molecule has 0 saturated carbocycles. The highest BCUT2D eigenvalue weighted by Gasteiger charge is 2.25. The average Bonchev–Trinajstić information content (AvgIpc) is 3.44. The molecule has 3 aromatic carbocycles. The largest absolute Gasteiger partial charge is 0.507 e. The first kappa shape index (κ1) is 37.1. The molecule has 5 rings (SSSR count). The lowest BCUT2D eigenvalue weighted by molar-refractivity contribution is -0.142. The molecule has 0 atom stereocenters. The molecule has 4 aromatic rings. The number of phenols is 3. The van der Waals surface area contributed by atoms with Crippen LogP contribution < -0.4 is 15.5 Å². The fraction of sp³-hybridized carbons (Fsp3) is 0.194. The van der Waals surface area contributed by atoms with Crippen molar-refractivity contribution in [3.05, 3.63) is 88.1 Å². The van der Waals surface area contributed by atoms with Gasteiger partial charge >= 0.3 is 11.9 Å². The van der Waals surface area contributed by atoms with Crippen molar-refractivity contribution in [1.29, 1.82) is 0 Å². The Morgan fingerprint density at radius 1 is 0.868 bits per heavy atom. The van der Waals surface area contributed by atoms with E-state index in [2.05, 4.69) is 5.32 Å². The number of fused-ring (bicyclic) bond motifs is 1. The van der Waals surface area contributed by atoms with Crippen LogP contribution >= 0.6 is 0 Å². The Labute approximate surface area is 298 Å². The van der Waals surface area contributed by atoms with Gasteiger partial charge in [-0.2, -0.15) is 0 Å². The Kier molecular flexibility index (Phi) is 11.1. The zero-order chi connectivity index (χ0) is 38.4. The zero-order valence-corrected chi connectivity index (χ0v) is 27.9. The Morgan fingerprint density at radius 2 is 1.57 bits per heavy atom. The van der Waals surface area contributed by atoms with Gasteiger partial charge in [0.25, 0.3) is 17.7 Å². The van der Waals surface area contributed by atoms with Crippen LogP contribution in [0, 0.1) is 0 Å². The van der Waals surface area contributed by atoms with Crippen LogP contribution in [-0.2, 0) is 35.3 Å². The number of amides is 4. The normalized spacial score (nSPS) is 12.2. The molecule has 5 N–H and O–H groups in total. The second-order valence-electron chi connectivity index (χ2n) is 11.6. The van der Waals surface area contributed by atoms with E-state index in [4.69, 9.17) is 13.9 Å². The molecule has 0 radical (unpaired) electrons. The highest BCUT2D eigenvalue weighted by molar-refractivity contribution is 6.13. The lowest BCUT2D eigenvalue weighted by Gasteiger charge is -2.22. The Hall–Kier alpha value is -7.17. The predicted molar refractivity (Wildman–Crippen MR) is 182 cm³/mol. The second kappa shape index (κ2) is 15.8. The van der Waals surface area contributed by atoms with E-state index < -0.39 is 81.7 Å². The molecule has 0 saturated heterocycles. The third-order valence-electron chi connectivity index (χ3n) is 7.82. The number of benzene rings is 3. The molecule has 1 aromatic heterocycles.